The van der Waals surface area contributed by atoms with Crippen molar-refractivity contribution in [1.82, 2.24) is 10.2 Å². The molecule has 2 amide bonds. The second kappa shape index (κ2) is 11.5. The number of nitrogens with one attached hydrogen (secondary N) is 2. The quantitative estimate of drug-likeness (QED) is 0.506. The predicted molar refractivity (Wildman–Crippen MR) is 129 cm³/mol. The molecule has 176 valence electrons. The van der Waals surface area contributed by atoms with E-state index in [-0.39, 0.29) is 23.1 Å². The summed E-state index contributed by atoms with van der Waals surface area (Å²) in [5.74, 6) is -1.41. The minimum absolute atomic E-state index is 0.0405. The number of aryl methyl sites for hydroxylation is 1. The highest BCUT2D eigenvalue weighted by Crippen LogP contribution is 2.25. The molecule has 33 heavy (non-hydrogen) atoms. The molecule has 3 rings (SSSR count). The van der Waals surface area contributed by atoms with Gasteiger partial charge in [0, 0.05) is 44.0 Å². The van der Waals surface area contributed by atoms with Gasteiger partial charge in [0.15, 0.2) is 0 Å². The largest absolute Gasteiger partial charge is 0.478 e. The van der Waals surface area contributed by atoms with Gasteiger partial charge in [-0.2, -0.15) is 0 Å². The molecule has 1 aliphatic rings. The van der Waals surface area contributed by atoms with Gasteiger partial charge in [0.1, 0.15) is 0 Å². The Balaban J connectivity index is 1.62. The SMILES string of the molecule is CCCCNC(=O)CN1CCN(c2ccc(NC(=O)c3cccc(C)c3)c(C(=O)O)c2)CC1. The summed E-state index contributed by atoms with van der Waals surface area (Å²) in [6.45, 7) is 7.89. The van der Waals surface area contributed by atoms with Crippen LogP contribution in [-0.2, 0) is 4.79 Å². The molecular weight excluding hydrogens is 420 g/mol. The topological polar surface area (TPSA) is 102 Å². The van der Waals surface area contributed by atoms with Crippen molar-refractivity contribution in [2.24, 2.45) is 0 Å². The van der Waals surface area contributed by atoms with Crippen LogP contribution in [0.4, 0.5) is 11.4 Å². The summed E-state index contributed by atoms with van der Waals surface area (Å²) in [7, 11) is 0. The van der Waals surface area contributed by atoms with Crippen LogP contribution in [0.15, 0.2) is 42.5 Å². The molecular formula is C25H32N4O4. The van der Waals surface area contributed by atoms with Crippen LogP contribution in [0.5, 0.6) is 0 Å². The molecule has 1 aliphatic heterocycles. The molecule has 0 saturated carbocycles. The second-order valence-corrected chi connectivity index (χ2v) is 8.33. The Morgan fingerprint density at radius 1 is 1.03 bits per heavy atom. The van der Waals surface area contributed by atoms with Crippen molar-refractivity contribution < 1.29 is 19.5 Å². The second-order valence-electron chi connectivity index (χ2n) is 8.33. The normalized spacial score (nSPS) is 14.1. The lowest BCUT2D eigenvalue weighted by Crippen LogP contribution is -2.49. The van der Waals surface area contributed by atoms with Gasteiger partial charge in [-0.05, 0) is 43.7 Å². The number of carbonyl (C=O) groups is 3. The van der Waals surface area contributed by atoms with Crippen LogP contribution in [0.2, 0.25) is 0 Å². The molecule has 1 saturated heterocycles. The van der Waals surface area contributed by atoms with Crippen LogP contribution >= 0.6 is 0 Å². The smallest absolute Gasteiger partial charge is 0.337 e. The molecule has 0 radical (unpaired) electrons. The fourth-order valence-electron chi connectivity index (χ4n) is 3.82. The molecule has 0 aromatic heterocycles. The van der Waals surface area contributed by atoms with E-state index >= 15 is 0 Å². The summed E-state index contributed by atoms with van der Waals surface area (Å²) in [4.78, 5) is 40.7. The number of anilines is 2. The van der Waals surface area contributed by atoms with Crippen molar-refractivity contribution in [3.63, 3.8) is 0 Å². The van der Waals surface area contributed by atoms with E-state index in [0.29, 0.717) is 31.7 Å². The average molecular weight is 453 g/mol. The zero-order chi connectivity index (χ0) is 23.8. The first kappa shape index (κ1) is 24.3. The zero-order valence-corrected chi connectivity index (χ0v) is 19.3. The van der Waals surface area contributed by atoms with Crippen molar-refractivity contribution >= 4 is 29.2 Å². The van der Waals surface area contributed by atoms with E-state index < -0.39 is 5.97 Å². The van der Waals surface area contributed by atoms with E-state index in [9.17, 15) is 19.5 Å². The summed E-state index contributed by atoms with van der Waals surface area (Å²) < 4.78 is 0. The van der Waals surface area contributed by atoms with Gasteiger partial charge in [0.25, 0.3) is 5.91 Å². The van der Waals surface area contributed by atoms with E-state index in [1.807, 2.05) is 19.1 Å². The first-order valence-electron chi connectivity index (χ1n) is 11.4. The minimum atomic E-state index is -1.10. The number of carboxylic acid groups (broad SMARTS) is 1. The number of hydrogen-bond donors (Lipinski definition) is 3. The van der Waals surface area contributed by atoms with E-state index in [1.165, 1.54) is 0 Å². The molecule has 0 spiro atoms. The number of aromatic carboxylic acids is 1. The number of piperazine rings is 1. The molecule has 3 N–H and O–H groups in total. The molecule has 0 unspecified atom stereocenters. The van der Waals surface area contributed by atoms with Crippen LogP contribution in [0.1, 0.15) is 46.0 Å². The fraction of sp³-hybridized carbons (Fsp3) is 0.400. The number of benzene rings is 2. The Hall–Kier alpha value is -3.39. The third kappa shape index (κ3) is 6.79. The summed E-state index contributed by atoms with van der Waals surface area (Å²) in [6, 6.07) is 12.2. The molecule has 0 aliphatic carbocycles. The Bertz CT molecular complexity index is 1000. The highest BCUT2D eigenvalue weighted by atomic mass is 16.4. The Labute approximate surface area is 194 Å². The molecule has 0 atom stereocenters. The third-order valence-corrected chi connectivity index (χ3v) is 5.72. The van der Waals surface area contributed by atoms with Gasteiger partial charge in [-0.3, -0.25) is 14.5 Å². The van der Waals surface area contributed by atoms with E-state index in [1.54, 1.807) is 30.3 Å². The first-order chi connectivity index (χ1) is 15.9. The maximum Gasteiger partial charge on any atom is 0.337 e. The predicted octanol–water partition coefficient (Wildman–Crippen LogP) is 2.98. The monoisotopic (exact) mass is 452 g/mol. The van der Waals surface area contributed by atoms with Gasteiger partial charge >= 0.3 is 5.97 Å². The van der Waals surface area contributed by atoms with E-state index in [0.717, 1.165) is 37.2 Å². The Morgan fingerprint density at radius 3 is 2.45 bits per heavy atom. The summed E-state index contributed by atoms with van der Waals surface area (Å²) in [5.41, 5.74) is 2.53. The number of carboxylic acids is 1. The summed E-state index contributed by atoms with van der Waals surface area (Å²) in [6.07, 6.45) is 2.03. The Morgan fingerprint density at radius 2 is 1.79 bits per heavy atom. The van der Waals surface area contributed by atoms with Gasteiger partial charge in [0.05, 0.1) is 17.8 Å². The van der Waals surface area contributed by atoms with Crippen LogP contribution in [0, 0.1) is 6.92 Å². The van der Waals surface area contributed by atoms with Crippen LogP contribution in [0.25, 0.3) is 0 Å². The maximum absolute atomic E-state index is 12.6. The van der Waals surface area contributed by atoms with Crippen molar-refractivity contribution in [3.05, 3.63) is 59.2 Å². The number of hydrogen-bond acceptors (Lipinski definition) is 5. The minimum Gasteiger partial charge on any atom is -0.478 e. The maximum atomic E-state index is 12.6. The van der Waals surface area contributed by atoms with Gasteiger partial charge in [-0.15, -0.1) is 0 Å². The number of carbonyl (C=O) groups excluding carboxylic acids is 2. The summed E-state index contributed by atoms with van der Waals surface area (Å²) in [5, 5.41) is 15.4. The van der Waals surface area contributed by atoms with Crippen molar-refractivity contribution in [3.8, 4) is 0 Å². The number of amides is 2. The lowest BCUT2D eigenvalue weighted by atomic mass is 10.1. The number of unbranched alkanes of at least 4 members (excludes halogenated alkanes) is 1. The first-order valence-corrected chi connectivity index (χ1v) is 11.4. The van der Waals surface area contributed by atoms with Crippen LogP contribution in [-0.4, -0.2) is 67.1 Å². The zero-order valence-electron chi connectivity index (χ0n) is 19.3. The third-order valence-electron chi connectivity index (χ3n) is 5.72. The van der Waals surface area contributed by atoms with Crippen LogP contribution < -0.4 is 15.5 Å². The van der Waals surface area contributed by atoms with Gasteiger partial charge in [-0.1, -0.05) is 31.0 Å². The molecule has 2 aromatic rings. The van der Waals surface area contributed by atoms with E-state index in [2.05, 4.69) is 27.4 Å². The van der Waals surface area contributed by atoms with Crippen LogP contribution in [0.3, 0.4) is 0 Å². The molecule has 8 nitrogen and oxygen atoms in total. The van der Waals surface area contributed by atoms with Crippen molar-refractivity contribution in [2.45, 2.75) is 26.7 Å². The molecule has 2 aromatic carbocycles. The van der Waals surface area contributed by atoms with Gasteiger partial charge in [0.2, 0.25) is 5.91 Å². The molecule has 1 fully saturated rings. The lowest BCUT2D eigenvalue weighted by molar-refractivity contribution is -0.122. The average Bonchev–Trinajstić information content (AvgIpc) is 2.80. The number of nitrogens with zero attached hydrogens (tertiary/aromatic N) is 2. The van der Waals surface area contributed by atoms with E-state index in [4.69, 9.17) is 0 Å². The lowest BCUT2D eigenvalue weighted by Gasteiger charge is -2.36. The standard InChI is InChI=1S/C25H32N4O4/c1-3-4-10-26-23(30)17-28-11-13-29(14-12-28)20-8-9-22(21(16-20)25(32)33)27-24(31)19-7-5-6-18(2)15-19/h5-9,15-16H,3-4,10-14,17H2,1-2H3,(H,26,30)(H,27,31)(H,32,33). The van der Waals surface area contributed by atoms with Gasteiger partial charge < -0.3 is 20.6 Å². The molecule has 8 heteroatoms. The highest BCUT2D eigenvalue weighted by Gasteiger charge is 2.21. The number of rotatable bonds is 9. The molecule has 1 heterocycles. The van der Waals surface area contributed by atoms with Crippen molar-refractivity contribution in [1.29, 1.82) is 0 Å². The fourth-order valence-corrected chi connectivity index (χ4v) is 3.82. The van der Waals surface area contributed by atoms with Crippen molar-refractivity contribution in [2.75, 3.05) is 49.5 Å². The molecule has 0 bridgehead atoms. The summed E-state index contributed by atoms with van der Waals surface area (Å²) >= 11 is 0. The Kier molecular flexibility index (Phi) is 8.43. The van der Waals surface area contributed by atoms with Gasteiger partial charge in [-0.25, -0.2) is 4.79 Å². The highest BCUT2D eigenvalue weighted by molar-refractivity contribution is 6.08.